The molecular formula is C25H25ClN4OS. The van der Waals surface area contributed by atoms with Gasteiger partial charge in [-0.2, -0.15) is 0 Å². The quantitative estimate of drug-likeness (QED) is 0.215. The van der Waals surface area contributed by atoms with Gasteiger partial charge in [-0.05, 0) is 60.4 Å². The highest BCUT2D eigenvalue weighted by Crippen LogP contribution is 2.32. The maximum absolute atomic E-state index is 5.95. The molecule has 0 aliphatic rings. The predicted molar refractivity (Wildman–Crippen MR) is 131 cm³/mol. The van der Waals surface area contributed by atoms with Crippen LogP contribution in [0.15, 0.2) is 72.1 Å². The van der Waals surface area contributed by atoms with Crippen molar-refractivity contribution in [3.63, 3.8) is 0 Å². The highest BCUT2D eigenvalue weighted by molar-refractivity contribution is 7.99. The minimum absolute atomic E-state index is 0.553. The zero-order chi connectivity index (χ0) is 22.3. The van der Waals surface area contributed by atoms with Crippen molar-refractivity contribution in [2.24, 2.45) is 0 Å². The van der Waals surface area contributed by atoms with Crippen LogP contribution in [0.25, 0.3) is 17.1 Å². The Hall–Kier alpha value is -2.83. The van der Waals surface area contributed by atoms with Crippen LogP contribution in [-0.2, 0) is 12.8 Å². The van der Waals surface area contributed by atoms with E-state index in [1.54, 1.807) is 18.0 Å². The van der Waals surface area contributed by atoms with Crippen LogP contribution >= 0.6 is 23.4 Å². The molecule has 0 saturated heterocycles. The molecule has 0 N–H and O–H groups in total. The molecule has 4 aromatic rings. The third-order valence-electron chi connectivity index (χ3n) is 5.14. The number of ether oxygens (including phenoxy) is 1. The van der Waals surface area contributed by atoms with Crippen molar-refractivity contribution in [1.29, 1.82) is 0 Å². The van der Waals surface area contributed by atoms with Gasteiger partial charge in [-0.3, -0.25) is 9.55 Å². The minimum Gasteiger partial charge on any atom is -0.493 e. The molecule has 2 heterocycles. The number of pyridine rings is 1. The zero-order valence-electron chi connectivity index (χ0n) is 18.2. The number of hydrogen-bond acceptors (Lipinski definition) is 5. The van der Waals surface area contributed by atoms with Gasteiger partial charge in [-0.25, -0.2) is 0 Å². The Labute approximate surface area is 197 Å². The fourth-order valence-corrected chi connectivity index (χ4v) is 4.45. The molecule has 4 rings (SSSR count). The van der Waals surface area contributed by atoms with Crippen LogP contribution in [0.4, 0.5) is 0 Å². The average Bonchev–Trinajstić information content (AvgIpc) is 3.26. The first-order valence-corrected chi connectivity index (χ1v) is 12.1. The third kappa shape index (κ3) is 4.97. The monoisotopic (exact) mass is 464 g/mol. The summed E-state index contributed by atoms with van der Waals surface area (Å²) in [7, 11) is 0. The molecule has 0 unspecified atom stereocenters. The number of aryl methyl sites for hydroxylation is 2. The Morgan fingerprint density at radius 2 is 1.69 bits per heavy atom. The molecule has 0 aliphatic carbocycles. The van der Waals surface area contributed by atoms with Crippen LogP contribution in [0, 0.1) is 0 Å². The summed E-state index contributed by atoms with van der Waals surface area (Å²) in [5, 5.41) is 10.7. The van der Waals surface area contributed by atoms with E-state index in [-0.39, 0.29) is 0 Å². The molecule has 0 spiro atoms. The minimum atomic E-state index is 0.553. The molecule has 5 nitrogen and oxygen atoms in total. The van der Waals surface area contributed by atoms with Gasteiger partial charge in [0.05, 0.1) is 12.3 Å². The number of nitrogens with zero attached hydrogens (tertiary/aromatic N) is 4. The van der Waals surface area contributed by atoms with Crippen molar-refractivity contribution in [2.75, 3.05) is 12.4 Å². The van der Waals surface area contributed by atoms with E-state index in [4.69, 9.17) is 16.3 Å². The molecule has 0 aliphatic heterocycles. The van der Waals surface area contributed by atoms with E-state index in [9.17, 15) is 0 Å². The van der Waals surface area contributed by atoms with Gasteiger partial charge in [0.2, 0.25) is 0 Å². The van der Waals surface area contributed by atoms with Gasteiger partial charge in [-0.1, -0.05) is 55.4 Å². The van der Waals surface area contributed by atoms with Crippen molar-refractivity contribution in [2.45, 2.75) is 31.8 Å². The third-order valence-corrected chi connectivity index (χ3v) is 6.28. The molecule has 0 atom stereocenters. The highest BCUT2D eigenvalue weighted by atomic mass is 35.5. The molecule has 0 bridgehead atoms. The normalized spacial score (nSPS) is 11.0. The zero-order valence-corrected chi connectivity index (χ0v) is 19.7. The summed E-state index contributed by atoms with van der Waals surface area (Å²) < 4.78 is 8.04. The van der Waals surface area contributed by atoms with Gasteiger partial charge in [0, 0.05) is 28.7 Å². The molecule has 164 valence electrons. The van der Waals surface area contributed by atoms with E-state index in [1.165, 1.54) is 16.8 Å². The number of halogens is 1. The Morgan fingerprint density at radius 3 is 2.34 bits per heavy atom. The molecule has 0 radical (unpaired) electrons. The summed E-state index contributed by atoms with van der Waals surface area (Å²) in [6, 6.07) is 17.8. The van der Waals surface area contributed by atoms with Crippen molar-refractivity contribution in [1.82, 2.24) is 19.7 Å². The van der Waals surface area contributed by atoms with Crippen LogP contribution in [0.3, 0.4) is 0 Å². The fraction of sp³-hybridized carbons (Fsp3) is 0.240. The number of hydrogen-bond donors (Lipinski definition) is 0. The van der Waals surface area contributed by atoms with E-state index in [1.807, 2.05) is 42.6 Å². The largest absolute Gasteiger partial charge is 0.493 e. The Bertz CT molecular complexity index is 1140. The van der Waals surface area contributed by atoms with Gasteiger partial charge in [-0.15, -0.1) is 10.2 Å². The summed E-state index contributed by atoms with van der Waals surface area (Å²) in [5.74, 6) is 2.34. The number of aromatic nitrogens is 4. The van der Waals surface area contributed by atoms with Gasteiger partial charge < -0.3 is 4.74 Å². The Morgan fingerprint density at radius 1 is 0.938 bits per heavy atom. The summed E-state index contributed by atoms with van der Waals surface area (Å²) in [6.07, 6.45) is 5.46. The second-order valence-electron chi connectivity index (χ2n) is 7.17. The summed E-state index contributed by atoms with van der Waals surface area (Å²) in [5.41, 5.74) is 4.65. The van der Waals surface area contributed by atoms with Crippen molar-refractivity contribution < 1.29 is 4.74 Å². The summed E-state index contributed by atoms with van der Waals surface area (Å²) in [6.45, 7) is 4.91. The van der Waals surface area contributed by atoms with E-state index in [2.05, 4.69) is 51.8 Å². The highest BCUT2D eigenvalue weighted by Gasteiger charge is 2.20. The van der Waals surface area contributed by atoms with Gasteiger partial charge in [0.1, 0.15) is 5.75 Å². The molecule has 0 saturated carbocycles. The van der Waals surface area contributed by atoms with E-state index in [0.29, 0.717) is 11.6 Å². The van der Waals surface area contributed by atoms with E-state index >= 15 is 0 Å². The van der Waals surface area contributed by atoms with Crippen LogP contribution in [0.2, 0.25) is 5.02 Å². The molecule has 0 fully saturated rings. The lowest BCUT2D eigenvalue weighted by Crippen LogP contribution is -2.08. The summed E-state index contributed by atoms with van der Waals surface area (Å²) in [4.78, 5) is 4.29. The SMILES string of the molecule is CCc1cccc(CC)c1-n1c(SCCOc2ccc(Cl)cc2)nnc1-c1cccnc1. The number of thioether (sulfide) groups is 1. The first-order chi connectivity index (χ1) is 15.7. The molecule has 2 aromatic carbocycles. The number of rotatable bonds is 9. The summed E-state index contributed by atoms with van der Waals surface area (Å²) >= 11 is 7.58. The lowest BCUT2D eigenvalue weighted by atomic mass is 10.0. The lowest BCUT2D eigenvalue weighted by Gasteiger charge is -2.18. The molecular weight excluding hydrogens is 440 g/mol. The van der Waals surface area contributed by atoms with Crippen LogP contribution in [-0.4, -0.2) is 32.1 Å². The second kappa shape index (κ2) is 10.7. The molecule has 7 heteroatoms. The molecule has 0 amide bonds. The Balaban J connectivity index is 1.65. The van der Waals surface area contributed by atoms with Gasteiger partial charge in [0.15, 0.2) is 11.0 Å². The first-order valence-electron chi connectivity index (χ1n) is 10.7. The average molecular weight is 465 g/mol. The number of para-hydroxylation sites is 1. The smallest absolute Gasteiger partial charge is 0.196 e. The maximum Gasteiger partial charge on any atom is 0.196 e. The maximum atomic E-state index is 5.95. The Kier molecular flexibility index (Phi) is 7.45. The van der Waals surface area contributed by atoms with Crippen molar-refractivity contribution >= 4 is 23.4 Å². The standard InChI is InChI=1S/C25H25ClN4OS/c1-3-18-7-5-8-19(4-2)23(18)30-24(20-9-6-14-27-17-20)28-29-25(30)32-16-15-31-22-12-10-21(26)11-13-22/h5-14,17H,3-4,15-16H2,1-2H3. The van der Waals surface area contributed by atoms with Gasteiger partial charge >= 0.3 is 0 Å². The van der Waals surface area contributed by atoms with Crippen molar-refractivity contribution in [3.05, 3.63) is 83.1 Å². The van der Waals surface area contributed by atoms with E-state index < -0.39 is 0 Å². The lowest BCUT2D eigenvalue weighted by molar-refractivity contribution is 0.344. The van der Waals surface area contributed by atoms with E-state index in [0.717, 1.165) is 40.9 Å². The number of benzene rings is 2. The first kappa shape index (κ1) is 22.4. The van der Waals surface area contributed by atoms with Gasteiger partial charge in [0.25, 0.3) is 0 Å². The van der Waals surface area contributed by atoms with Crippen LogP contribution < -0.4 is 4.74 Å². The molecule has 2 aromatic heterocycles. The molecule has 32 heavy (non-hydrogen) atoms. The fourth-order valence-electron chi connectivity index (χ4n) is 3.57. The second-order valence-corrected chi connectivity index (χ2v) is 8.66. The predicted octanol–water partition coefficient (Wildman–Crippen LogP) is 6.28. The topological polar surface area (TPSA) is 52.8 Å². The van der Waals surface area contributed by atoms with Crippen LogP contribution in [0.5, 0.6) is 5.75 Å². The van der Waals surface area contributed by atoms with Crippen LogP contribution in [0.1, 0.15) is 25.0 Å². The van der Waals surface area contributed by atoms with Crippen molar-refractivity contribution in [3.8, 4) is 22.8 Å².